The van der Waals surface area contributed by atoms with E-state index in [2.05, 4.69) is 16.6 Å². The van der Waals surface area contributed by atoms with Gasteiger partial charge in [-0.05, 0) is 6.42 Å². The number of carbonyl (C=O) groups is 1. The average Bonchev–Trinajstić information content (AvgIpc) is 2.26. The van der Waals surface area contributed by atoms with Crippen molar-refractivity contribution in [2.24, 2.45) is 5.92 Å². The zero-order valence-corrected chi connectivity index (χ0v) is 9.62. The molecular weight excluding hydrogens is 194 g/mol. The molecule has 0 heterocycles. The summed E-state index contributed by atoms with van der Waals surface area (Å²) in [6.45, 7) is 8.16. The van der Waals surface area contributed by atoms with Crippen LogP contribution in [0.2, 0.25) is 0 Å². The van der Waals surface area contributed by atoms with Crippen molar-refractivity contribution in [1.82, 2.24) is 5.32 Å². The van der Waals surface area contributed by atoms with Gasteiger partial charge in [0.15, 0.2) is 0 Å². The molecule has 0 radical (unpaired) electrons. The molecule has 88 valence electrons. The maximum atomic E-state index is 11.0. The maximum absolute atomic E-state index is 11.0. The number of esters is 1. The van der Waals surface area contributed by atoms with Crippen molar-refractivity contribution in [2.45, 2.75) is 13.3 Å². The van der Waals surface area contributed by atoms with E-state index in [-0.39, 0.29) is 11.9 Å². The van der Waals surface area contributed by atoms with E-state index in [0.717, 1.165) is 13.0 Å². The molecule has 15 heavy (non-hydrogen) atoms. The Kier molecular flexibility index (Phi) is 9.11. The number of nitrogens with one attached hydrogen (secondary N) is 1. The van der Waals surface area contributed by atoms with E-state index in [0.29, 0.717) is 19.8 Å². The summed E-state index contributed by atoms with van der Waals surface area (Å²) in [5.41, 5.74) is 0. The van der Waals surface area contributed by atoms with Crippen LogP contribution >= 0.6 is 0 Å². The van der Waals surface area contributed by atoms with E-state index in [1.54, 1.807) is 0 Å². The molecular formula is C11H21NO3. The smallest absolute Gasteiger partial charge is 0.309 e. The third-order valence-electron chi connectivity index (χ3n) is 1.94. The van der Waals surface area contributed by atoms with Crippen molar-refractivity contribution < 1.29 is 14.3 Å². The second kappa shape index (κ2) is 9.68. The molecule has 0 rings (SSSR count). The minimum absolute atomic E-state index is 0.108. The van der Waals surface area contributed by atoms with Gasteiger partial charge in [0.1, 0.15) is 0 Å². The molecule has 4 heteroatoms. The number of rotatable bonds is 9. The summed E-state index contributed by atoms with van der Waals surface area (Å²) in [4.78, 5) is 11.0. The monoisotopic (exact) mass is 215 g/mol. The standard InChI is InChI=1S/C11H21NO3/c1-4-5-7-15-8-6-12-9-10(2)11(13)14-3/h4,10,12H,1,5-9H2,2-3H3. The maximum Gasteiger partial charge on any atom is 0.309 e. The lowest BCUT2D eigenvalue weighted by atomic mass is 10.2. The summed E-state index contributed by atoms with van der Waals surface area (Å²) in [5, 5.41) is 3.13. The van der Waals surface area contributed by atoms with Gasteiger partial charge in [-0.25, -0.2) is 0 Å². The van der Waals surface area contributed by atoms with Gasteiger partial charge in [-0.1, -0.05) is 13.0 Å². The van der Waals surface area contributed by atoms with Crippen LogP contribution in [0.25, 0.3) is 0 Å². The largest absolute Gasteiger partial charge is 0.469 e. The molecule has 0 spiro atoms. The quantitative estimate of drug-likeness (QED) is 0.354. The van der Waals surface area contributed by atoms with Crippen molar-refractivity contribution in [3.8, 4) is 0 Å². The lowest BCUT2D eigenvalue weighted by Crippen LogP contribution is -2.29. The summed E-state index contributed by atoms with van der Waals surface area (Å²) < 4.78 is 9.89. The highest BCUT2D eigenvalue weighted by Crippen LogP contribution is 1.94. The van der Waals surface area contributed by atoms with Crippen molar-refractivity contribution in [3.63, 3.8) is 0 Å². The first-order valence-electron chi connectivity index (χ1n) is 5.19. The Morgan fingerprint density at radius 2 is 2.27 bits per heavy atom. The predicted octanol–water partition coefficient (Wildman–Crippen LogP) is 0.978. The molecule has 1 N–H and O–H groups in total. The van der Waals surface area contributed by atoms with Gasteiger partial charge in [0.05, 0.1) is 26.2 Å². The summed E-state index contributed by atoms with van der Waals surface area (Å²) in [7, 11) is 1.40. The third-order valence-corrected chi connectivity index (χ3v) is 1.94. The number of carbonyl (C=O) groups excluding carboxylic acids is 1. The van der Waals surface area contributed by atoms with Crippen LogP contribution in [0, 0.1) is 5.92 Å². The van der Waals surface area contributed by atoms with Crippen LogP contribution in [-0.2, 0) is 14.3 Å². The highest BCUT2D eigenvalue weighted by molar-refractivity contribution is 5.71. The van der Waals surface area contributed by atoms with Gasteiger partial charge in [-0.3, -0.25) is 4.79 Å². The third kappa shape index (κ3) is 8.15. The Bertz CT molecular complexity index is 183. The molecule has 0 amide bonds. The topological polar surface area (TPSA) is 47.6 Å². The lowest BCUT2D eigenvalue weighted by molar-refractivity contribution is -0.144. The van der Waals surface area contributed by atoms with Gasteiger partial charge >= 0.3 is 5.97 Å². The fourth-order valence-corrected chi connectivity index (χ4v) is 1.02. The van der Waals surface area contributed by atoms with Crippen LogP contribution in [0.15, 0.2) is 12.7 Å². The van der Waals surface area contributed by atoms with Gasteiger partial charge in [0, 0.05) is 13.1 Å². The second-order valence-corrected chi connectivity index (χ2v) is 3.32. The summed E-state index contributed by atoms with van der Waals surface area (Å²) >= 11 is 0. The SMILES string of the molecule is C=CCCOCCNCC(C)C(=O)OC. The van der Waals surface area contributed by atoms with Gasteiger partial charge in [0.2, 0.25) is 0 Å². The van der Waals surface area contributed by atoms with Crippen LogP contribution < -0.4 is 5.32 Å². The summed E-state index contributed by atoms with van der Waals surface area (Å²) in [5.74, 6) is -0.293. The molecule has 1 atom stereocenters. The molecule has 1 unspecified atom stereocenters. The van der Waals surface area contributed by atoms with E-state index >= 15 is 0 Å². The average molecular weight is 215 g/mol. The first kappa shape index (κ1) is 14.1. The van der Waals surface area contributed by atoms with E-state index in [1.165, 1.54) is 7.11 Å². The van der Waals surface area contributed by atoms with Gasteiger partial charge in [-0.2, -0.15) is 0 Å². The molecule has 4 nitrogen and oxygen atoms in total. The second-order valence-electron chi connectivity index (χ2n) is 3.32. The van der Waals surface area contributed by atoms with E-state index in [1.807, 2.05) is 13.0 Å². The Morgan fingerprint density at radius 1 is 1.53 bits per heavy atom. The molecule has 0 bridgehead atoms. The van der Waals surface area contributed by atoms with Crippen LogP contribution in [0.3, 0.4) is 0 Å². The minimum atomic E-state index is -0.185. The van der Waals surface area contributed by atoms with Crippen molar-refractivity contribution in [1.29, 1.82) is 0 Å². The Balaban J connectivity index is 3.23. The Hall–Kier alpha value is -0.870. The number of hydrogen-bond acceptors (Lipinski definition) is 4. The summed E-state index contributed by atoms with van der Waals surface area (Å²) in [6.07, 6.45) is 2.70. The Morgan fingerprint density at radius 3 is 2.87 bits per heavy atom. The first-order chi connectivity index (χ1) is 7.22. The highest BCUT2D eigenvalue weighted by Gasteiger charge is 2.11. The van der Waals surface area contributed by atoms with E-state index in [4.69, 9.17) is 4.74 Å². The van der Waals surface area contributed by atoms with Crippen molar-refractivity contribution in [3.05, 3.63) is 12.7 Å². The molecule has 0 aliphatic heterocycles. The predicted molar refractivity (Wildman–Crippen MR) is 59.7 cm³/mol. The van der Waals surface area contributed by atoms with Crippen molar-refractivity contribution in [2.75, 3.05) is 33.4 Å². The normalized spacial score (nSPS) is 12.1. The number of hydrogen-bond donors (Lipinski definition) is 1. The van der Waals surface area contributed by atoms with Gasteiger partial charge in [-0.15, -0.1) is 6.58 Å². The molecule has 0 aliphatic rings. The van der Waals surface area contributed by atoms with Crippen molar-refractivity contribution >= 4 is 5.97 Å². The minimum Gasteiger partial charge on any atom is -0.469 e. The summed E-state index contributed by atoms with van der Waals surface area (Å²) in [6, 6.07) is 0. The molecule has 0 saturated carbocycles. The van der Waals surface area contributed by atoms with Crippen LogP contribution in [0.5, 0.6) is 0 Å². The Labute approximate surface area is 91.6 Å². The van der Waals surface area contributed by atoms with Gasteiger partial charge < -0.3 is 14.8 Å². The molecule has 0 fully saturated rings. The van der Waals surface area contributed by atoms with Crippen LogP contribution in [-0.4, -0.2) is 39.4 Å². The molecule has 0 aromatic rings. The highest BCUT2D eigenvalue weighted by atomic mass is 16.5. The lowest BCUT2D eigenvalue weighted by Gasteiger charge is -2.10. The number of ether oxygens (including phenoxy) is 2. The van der Waals surface area contributed by atoms with E-state index in [9.17, 15) is 4.79 Å². The van der Waals surface area contributed by atoms with Crippen LogP contribution in [0.4, 0.5) is 0 Å². The first-order valence-corrected chi connectivity index (χ1v) is 5.19. The van der Waals surface area contributed by atoms with Crippen LogP contribution in [0.1, 0.15) is 13.3 Å². The zero-order chi connectivity index (χ0) is 11.5. The molecule has 0 saturated heterocycles. The zero-order valence-electron chi connectivity index (χ0n) is 9.62. The fraction of sp³-hybridized carbons (Fsp3) is 0.727. The molecule has 0 aliphatic carbocycles. The fourth-order valence-electron chi connectivity index (χ4n) is 1.02. The molecule has 0 aromatic heterocycles. The number of methoxy groups -OCH3 is 1. The van der Waals surface area contributed by atoms with E-state index < -0.39 is 0 Å². The molecule has 0 aromatic carbocycles. The van der Waals surface area contributed by atoms with Gasteiger partial charge in [0.25, 0.3) is 0 Å².